The van der Waals surface area contributed by atoms with Gasteiger partial charge in [0.1, 0.15) is 6.33 Å². The standard InChI is InChI=1S/C17H19N5O3S/c1-11-6-8-20(9-7-11)14(12-2-4-13(5-3-12)22(24)25)15-16(23)21-17(26-15)18-10-19-21/h2-5,10-11,14,23H,6-9H2,1H3. The summed E-state index contributed by atoms with van der Waals surface area (Å²) in [4.78, 5) is 18.5. The first kappa shape index (κ1) is 16.9. The van der Waals surface area contributed by atoms with E-state index < -0.39 is 4.92 Å². The van der Waals surface area contributed by atoms with Gasteiger partial charge in [0.15, 0.2) is 0 Å². The molecule has 1 unspecified atom stereocenters. The SMILES string of the molecule is CC1CCN(C(c2ccc([N+](=O)[O-])cc2)c2sc3ncnn3c2O)CC1. The first-order chi connectivity index (χ1) is 12.5. The molecule has 9 heteroatoms. The van der Waals surface area contributed by atoms with Gasteiger partial charge in [-0.15, -0.1) is 0 Å². The number of benzene rings is 1. The van der Waals surface area contributed by atoms with Crippen LogP contribution in [0.1, 0.15) is 36.2 Å². The summed E-state index contributed by atoms with van der Waals surface area (Å²) in [5.41, 5.74) is 0.983. The maximum atomic E-state index is 11.0. The summed E-state index contributed by atoms with van der Waals surface area (Å²) in [6, 6.07) is 6.41. The number of aromatic hydroxyl groups is 1. The molecule has 3 aromatic rings. The van der Waals surface area contributed by atoms with Crippen molar-refractivity contribution in [3.63, 3.8) is 0 Å². The molecule has 1 saturated heterocycles. The maximum Gasteiger partial charge on any atom is 0.269 e. The van der Waals surface area contributed by atoms with Gasteiger partial charge >= 0.3 is 0 Å². The number of thiazole rings is 1. The lowest BCUT2D eigenvalue weighted by atomic mass is 9.95. The quantitative estimate of drug-likeness (QED) is 0.557. The Morgan fingerprint density at radius 1 is 1.31 bits per heavy atom. The highest BCUT2D eigenvalue weighted by Crippen LogP contribution is 2.41. The van der Waals surface area contributed by atoms with Gasteiger partial charge < -0.3 is 5.11 Å². The van der Waals surface area contributed by atoms with Crippen molar-refractivity contribution in [2.45, 2.75) is 25.8 Å². The van der Waals surface area contributed by atoms with Crippen LogP contribution in [0.25, 0.3) is 4.96 Å². The Hall–Kier alpha value is -2.52. The minimum Gasteiger partial charge on any atom is -0.492 e. The van der Waals surface area contributed by atoms with Crippen molar-refractivity contribution in [1.82, 2.24) is 19.5 Å². The third-order valence-electron chi connectivity index (χ3n) is 4.99. The molecule has 0 amide bonds. The molecule has 0 radical (unpaired) electrons. The molecule has 3 heterocycles. The van der Waals surface area contributed by atoms with E-state index in [1.54, 1.807) is 12.1 Å². The van der Waals surface area contributed by atoms with E-state index in [1.165, 1.54) is 34.3 Å². The molecule has 1 N–H and O–H groups in total. The molecule has 0 aliphatic carbocycles. The van der Waals surface area contributed by atoms with Crippen molar-refractivity contribution >= 4 is 22.0 Å². The van der Waals surface area contributed by atoms with Gasteiger partial charge in [-0.25, -0.2) is 4.98 Å². The lowest BCUT2D eigenvalue weighted by Crippen LogP contribution is -2.36. The summed E-state index contributed by atoms with van der Waals surface area (Å²) >= 11 is 1.40. The predicted molar refractivity (Wildman–Crippen MR) is 97.4 cm³/mol. The summed E-state index contributed by atoms with van der Waals surface area (Å²) in [6.07, 6.45) is 3.59. The van der Waals surface area contributed by atoms with E-state index in [2.05, 4.69) is 21.9 Å². The van der Waals surface area contributed by atoms with E-state index in [0.717, 1.165) is 36.4 Å². The van der Waals surface area contributed by atoms with Gasteiger partial charge in [0.05, 0.1) is 15.8 Å². The van der Waals surface area contributed by atoms with Crippen LogP contribution in [-0.4, -0.2) is 42.6 Å². The third-order valence-corrected chi connectivity index (χ3v) is 6.08. The molecule has 1 aliphatic heterocycles. The zero-order valence-corrected chi connectivity index (χ0v) is 15.1. The molecule has 1 atom stereocenters. The number of hydrogen-bond acceptors (Lipinski definition) is 7. The first-order valence-electron chi connectivity index (χ1n) is 8.54. The normalized spacial score (nSPS) is 17.6. The second-order valence-electron chi connectivity index (χ2n) is 6.71. The molecule has 1 aliphatic rings. The lowest BCUT2D eigenvalue weighted by molar-refractivity contribution is -0.384. The predicted octanol–water partition coefficient (Wildman–Crippen LogP) is 3.23. The van der Waals surface area contributed by atoms with Crippen LogP contribution in [0.3, 0.4) is 0 Å². The average molecular weight is 373 g/mol. The molecule has 2 aromatic heterocycles. The maximum absolute atomic E-state index is 11.0. The summed E-state index contributed by atoms with van der Waals surface area (Å²) in [7, 11) is 0. The Labute approximate surface area is 153 Å². The van der Waals surface area contributed by atoms with Crippen LogP contribution in [-0.2, 0) is 0 Å². The number of piperidine rings is 1. The van der Waals surface area contributed by atoms with Crippen LogP contribution >= 0.6 is 11.3 Å². The van der Waals surface area contributed by atoms with Crippen LogP contribution in [0.5, 0.6) is 5.88 Å². The van der Waals surface area contributed by atoms with Crippen molar-refractivity contribution < 1.29 is 10.0 Å². The monoisotopic (exact) mass is 373 g/mol. The van der Waals surface area contributed by atoms with Crippen molar-refractivity contribution in [2.75, 3.05) is 13.1 Å². The number of non-ortho nitro benzene ring substituents is 1. The number of nitro groups is 1. The second-order valence-corrected chi connectivity index (χ2v) is 7.72. The third kappa shape index (κ3) is 2.93. The Balaban J connectivity index is 1.77. The Morgan fingerprint density at radius 3 is 2.62 bits per heavy atom. The zero-order valence-electron chi connectivity index (χ0n) is 14.3. The van der Waals surface area contributed by atoms with E-state index in [-0.39, 0.29) is 17.6 Å². The molecule has 8 nitrogen and oxygen atoms in total. The topological polar surface area (TPSA) is 96.8 Å². The highest BCUT2D eigenvalue weighted by atomic mass is 32.1. The van der Waals surface area contributed by atoms with Crippen molar-refractivity contribution in [2.24, 2.45) is 5.92 Å². The van der Waals surface area contributed by atoms with E-state index in [0.29, 0.717) is 10.9 Å². The number of hydrogen-bond donors (Lipinski definition) is 1. The number of likely N-dealkylation sites (tertiary alicyclic amines) is 1. The second kappa shape index (κ2) is 6.65. The molecular weight excluding hydrogens is 354 g/mol. The van der Waals surface area contributed by atoms with E-state index in [4.69, 9.17) is 0 Å². The number of fused-ring (bicyclic) bond motifs is 1. The van der Waals surface area contributed by atoms with E-state index in [1.807, 2.05) is 0 Å². The smallest absolute Gasteiger partial charge is 0.269 e. The molecular formula is C17H19N5O3S. The summed E-state index contributed by atoms with van der Waals surface area (Å²) in [5, 5.41) is 25.7. The van der Waals surface area contributed by atoms with Crippen LogP contribution < -0.4 is 0 Å². The van der Waals surface area contributed by atoms with Gasteiger partial charge in [-0.05, 0) is 37.4 Å². The molecule has 1 aromatic carbocycles. The molecule has 0 bridgehead atoms. The van der Waals surface area contributed by atoms with Crippen LogP contribution in [0.15, 0.2) is 30.6 Å². The van der Waals surface area contributed by atoms with Crippen molar-refractivity contribution in [1.29, 1.82) is 0 Å². The number of nitrogens with zero attached hydrogens (tertiary/aromatic N) is 5. The van der Waals surface area contributed by atoms with E-state index in [9.17, 15) is 15.2 Å². The number of nitro benzene ring substituents is 1. The minimum absolute atomic E-state index is 0.0617. The zero-order chi connectivity index (χ0) is 18.3. The van der Waals surface area contributed by atoms with Gasteiger partial charge in [0.25, 0.3) is 5.69 Å². The molecule has 0 spiro atoms. The van der Waals surface area contributed by atoms with Crippen LogP contribution in [0.4, 0.5) is 5.69 Å². The Bertz CT molecular complexity index is 928. The average Bonchev–Trinajstić information content (AvgIpc) is 3.21. The van der Waals surface area contributed by atoms with Crippen LogP contribution in [0.2, 0.25) is 0 Å². The van der Waals surface area contributed by atoms with Gasteiger partial charge in [-0.3, -0.25) is 15.0 Å². The summed E-state index contributed by atoms with van der Waals surface area (Å²) in [6.45, 7) is 4.07. The molecule has 1 fully saturated rings. The largest absolute Gasteiger partial charge is 0.492 e. The Morgan fingerprint density at radius 2 is 2.00 bits per heavy atom. The fourth-order valence-corrected chi connectivity index (χ4v) is 4.56. The fourth-order valence-electron chi connectivity index (χ4n) is 3.47. The first-order valence-corrected chi connectivity index (χ1v) is 9.36. The minimum atomic E-state index is -0.401. The van der Waals surface area contributed by atoms with Gasteiger partial charge in [0.2, 0.25) is 10.8 Å². The fraction of sp³-hybridized carbons (Fsp3) is 0.412. The Kier molecular flexibility index (Phi) is 4.33. The van der Waals surface area contributed by atoms with Crippen LogP contribution in [0, 0.1) is 16.0 Å². The van der Waals surface area contributed by atoms with Gasteiger partial charge in [-0.2, -0.15) is 9.61 Å². The highest BCUT2D eigenvalue weighted by molar-refractivity contribution is 7.17. The molecule has 136 valence electrons. The highest BCUT2D eigenvalue weighted by Gasteiger charge is 2.31. The van der Waals surface area contributed by atoms with Gasteiger partial charge in [-0.1, -0.05) is 30.4 Å². The summed E-state index contributed by atoms with van der Waals surface area (Å²) < 4.78 is 1.44. The van der Waals surface area contributed by atoms with Gasteiger partial charge in [0, 0.05) is 12.1 Å². The molecule has 4 rings (SSSR count). The van der Waals surface area contributed by atoms with Crippen molar-refractivity contribution in [3.05, 3.63) is 51.1 Å². The van der Waals surface area contributed by atoms with Crippen molar-refractivity contribution in [3.8, 4) is 5.88 Å². The van der Waals surface area contributed by atoms with E-state index >= 15 is 0 Å². The number of aromatic nitrogens is 3. The summed E-state index contributed by atoms with van der Waals surface area (Å²) in [5.74, 6) is 0.768. The lowest BCUT2D eigenvalue weighted by Gasteiger charge is -2.36. The molecule has 0 saturated carbocycles. The molecule has 26 heavy (non-hydrogen) atoms. The number of rotatable bonds is 4.